The van der Waals surface area contributed by atoms with Crippen LogP contribution in [0.25, 0.3) is 21.6 Å². The lowest BCUT2D eigenvalue weighted by molar-refractivity contribution is 0.123. The van der Waals surface area contributed by atoms with Gasteiger partial charge in [0.2, 0.25) is 0 Å². The smallest absolute Gasteiger partial charge is 0.182 e. The zero-order valence-electron chi connectivity index (χ0n) is 14.7. The standard InChI is InChI=1S/C22H18N2O2S/c23-15-16-2-1-3-19(12-16)17-4-6-18(7-5-17)21-13-20(25)14-22(27-21)24-8-10-26-11-9-24/h1-7,12-14H,8-11H2. The third-order valence-electron chi connectivity index (χ3n) is 4.57. The van der Waals surface area contributed by atoms with Crippen molar-refractivity contribution in [3.8, 4) is 27.6 Å². The Morgan fingerprint density at radius 2 is 1.67 bits per heavy atom. The molecule has 5 heteroatoms. The number of morpholine rings is 1. The predicted octanol–water partition coefficient (Wildman–Crippen LogP) is 4.15. The van der Waals surface area contributed by atoms with E-state index in [0.29, 0.717) is 18.8 Å². The fourth-order valence-corrected chi connectivity index (χ4v) is 4.28. The van der Waals surface area contributed by atoms with E-state index in [1.54, 1.807) is 29.5 Å². The highest BCUT2D eigenvalue weighted by atomic mass is 32.1. The molecule has 1 aliphatic rings. The Kier molecular flexibility index (Phi) is 5.01. The molecule has 1 aromatic heterocycles. The van der Waals surface area contributed by atoms with Gasteiger partial charge >= 0.3 is 0 Å². The summed E-state index contributed by atoms with van der Waals surface area (Å²) in [5.41, 5.74) is 3.75. The zero-order chi connectivity index (χ0) is 18.6. The first kappa shape index (κ1) is 17.5. The summed E-state index contributed by atoms with van der Waals surface area (Å²) in [4.78, 5) is 15.4. The van der Waals surface area contributed by atoms with Crippen LogP contribution in [0.2, 0.25) is 0 Å². The minimum atomic E-state index is 0.0241. The van der Waals surface area contributed by atoms with Crippen molar-refractivity contribution in [3.05, 3.63) is 76.5 Å². The second kappa shape index (κ2) is 7.75. The molecule has 0 atom stereocenters. The normalized spacial score (nSPS) is 14.0. The van der Waals surface area contributed by atoms with Crippen LogP contribution in [0, 0.1) is 11.3 Å². The Morgan fingerprint density at radius 1 is 0.926 bits per heavy atom. The predicted molar refractivity (Wildman–Crippen MR) is 109 cm³/mol. The highest BCUT2D eigenvalue weighted by Crippen LogP contribution is 2.31. The Bertz CT molecular complexity index is 1040. The van der Waals surface area contributed by atoms with Crippen LogP contribution < -0.4 is 10.3 Å². The van der Waals surface area contributed by atoms with Gasteiger partial charge < -0.3 is 9.64 Å². The Morgan fingerprint density at radius 3 is 2.41 bits per heavy atom. The van der Waals surface area contributed by atoms with Gasteiger partial charge in [-0.25, -0.2) is 0 Å². The number of rotatable bonds is 3. The average molecular weight is 374 g/mol. The van der Waals surface area contributed by atoms with Gasteiger partial charge in [-0.2, -0.15) is 5.26 Å². The molecular weight excluding hydrogens is 356 g/mol. The van der Waals surface area contributed by atoms with Crippen LogP contribution in [-0.2, 0) is 4.74 Å². The molecule has 2 heterocycles. The van der Waals surface area contributed by atoms with E-state index in [4.69, 9.17) is 10.00 Å². The van der Waals surface area contributed by atoms with Gasteiger partial charge in [-0.3, -0.25) is 4.79 Å². The van der Waals surface area contributed by atoms with Crippen LogP contribution in [0.1, 0.15) is 5.56 Å². The van der Waals surface area contributed by atoms with Crippen molar-refractivity contribution in [1.29, 1.82) is 5.26 Å². The summed E-state index contributed by atoms with van der Waals surface area (Å²) in [7, 11) is 0. The molecule has 4 rings (SSSR count). The summed E-state index contributed by atoms with van der Waals surface area (Å²) in [6, 6.07) is 21.3. The molecule has 0 bridgehead atoms. The molecule has 0 amide bonds. The molecule has 4 nitrogen and oxygen atoms in total. The molecule has 0 spiro atoms. The van der Waals surface area contributed by atoms with Crippen LogP contribution in [-0.4, -0.2) is 26.3 Å². The molecular formula is C22H18N2O2S. The third-order valence-corrected chi connectivity index (χ3v) is 5.73. The topological polar surface area (TPSA) is 53.3 Å². The van der Waals surface area contributed by atoms with E-state index < -0.39 is 0 Å². The second-order valence-electron chi connectivity index (χ2n) is 6.36. The molecule has 0 aliphatic carbocycles. The van der Waals surface area contributed by atoms with E-state index in [1.807, 2.05) is 42.5 Å². The van der Waals surface area contributed by atoms with Crippen LogP contribution in [0.15, 0.2) is 65.5 Å². The van der Waals surface area contributed by atoms with Crippen molar-refractivity contribution < 1.29 is 4.74 Å². The van der Waals surface area contributed by atoms with E-state index in [9.17, 15) is 4.79 Å². The second-order valence-corrected chi connectivity index (χ2v) is 7.43. The van der Waals surface area contributed by atoms with E-state index in [0.717, 1.165) is 39.7 Å². The van der Waals surface area contributed by atoms with Gasteiger partial charge in [0.1, 0.15) is 0 Å². The molecule has 3 aromatic rings. The molecule has 27 heavy (non-hydrogen) atoms. The number of benzene rings is 2. The summed E-state index contributed by atoms with van der Waals surface area (Å²) in [6.45, 7) is 3.02. The lowest BCUT2D eigenvalue weighted by Gasteiger charge is -2.28. The molecule has 2 aromatic carbocycles. The number of hydrogen-bond donors (Lipinski definition) is 0. The molecule has 0 radical (unpaired) electrons. The lowest BCUT2D eigenvalue weighted by atomic mass is 10.0. The van der Waals surface area contributed by atoms with Gasteiger partial charge in [-0.05, 0) is 28.8 Å². The third kappa shape index (κ3) is 3.92. The molecule has 0 unspecified atom stereocenters. The van der Waals surface area contributed by atoms with E-state index in [1.165, 1.54) is 0 Å². The zero-order valence-corrected chi connectivity index (χ0v) is 15.5. The first-order valence-electron chi connectivity index (χ1n) is 8.82. The van der Waals surface area contributed by atoms with Gasteiger partial charge in [0, 0.05) is 30.1 Å². The van der Waals surface area contributed by atoms with Crippen LogP contribution in [0.3, 0.4) is 0 Å². The maximum Gasteiger partial charge on any atom is 0.182 e. The highest BCUT2D eigenvalue weighted by molar-refractivity contribution is 7.19. The fourth-order valence-electron chi connectivity index (χ4n) is 3.14. The van der Waals surface area contributed by atoms with E-state index in [2.05, 4.69) is 11.0 Å². The van der Waals surface area contributed by atoms with Crippen LogP contribution in [0.5, 0.6) is 0 Å². The van der Waals surface area contributed by atoms with Crippen molar-refractivity contribution in [1.82, 2.24) is 0 Å². The summed E-state index contributed by atoms with van der Waals surface area (Å²) in [5.74, 6) is 0. The minimum Gasteiger partial charge on any atom is -0.378 e. The van der Waals surface area contributed by atoms with Crippen molar-refractivity contribution in [3.63, 3.8) is 0 Å². The van der Waals surface area contributed by atoms with Crippen molar-refractivity contribution in [2.45, 2.75) is 0 Å². The summed E-state index contributed by atoms with van der Waals surface area (Å²) >= 11 is 1.63. The molecule has 1 aliphatic heterocycles. The number of hydrogen-bond acceptors (Lipinski definition) is 5. The Labute approximate surface area is 161 Å². The summed E-state index contributed by atoms with van der Waals surface area (Å²) in [5, 5.41) is 10.1. The number of anilines is 1. The van der Waals surface area contributed by atoms with E-state index in [-0.39, 0.29) is 5.43 Å². The van der Waals surface area contributed by atoms with Crippen LogP contribution >= 0.6 is 11.3 Å². The molecule has 1 fully saturated rings. The van der Waals surface area contributed by atoms with Crippen molar-refractivity contribution >= 4 is 16.3 Å². The van der Waals surface area contributed by atoms with Gasteiger partial charge in [0.05, 0.1) is 29.8 Å². The van der Waals surface area contributed by atoms with Crippen molar-refractivity contribution in [2.24, 2.45) is 0 Å². The molecule has 0 N–H and O–H groups in total. The van der Waals surface area contributed by atoms with Crippen molar-refractivity contribution in [2.75, 3.05) is 31.2 Å². The maximum absolute atomic E-state index is 12.2. The average Bonchev–Trinajstić information content (AvgIpc) is 2.74. The number of nitrogens with zero attached hydrogens (tertiary/aromatic N) is 2. The quantitative estimate of drug-likeness (QED) is 0.691. The first-order valence-corrected chi connectivity index (χ1v) is 9.63. The molecule has 0 saturated carbocycles. The highest BCUT2D eigenvalue weighted by Gasteiger charge is 2.14. The van der Waals surface area contributed by atoms with Gasteiger partial charge in [0.15, 0.2) is 5.43 Å². The minimum absolute atomic E-state index is 0.0241. The van der Waals surface area contributed by atoms with Gasteiger partial charge in [0.25, 0.3) is 0 Å². The largest absolute Gasteiger partial charge is 0.378 e. The Hall–Kier alpha value is -2.94. The molecule has 134 valence electrons. The molecule has 1 saturated heterocycles. The fraction of sp³-hybridized carbons (Fsp3) is 0.182. The van der Waals surface area contributed by atoms with Gasteiger partial charge in [-0.1, -0.05) is 36.4 Å². The van der Waals surface area contributed by atoms with Gasteiger partial charge in [-0.15, -0.1) is 11.3 Å². The monoisotopic (exact) mass is 374 g/mol. The summed E-state index contributed by atoms with van der Waals surface area (Å²) < 4.78 is 5.40. The maximum atomic E-state index is 12.2. The first-order chi connectivity index (χ1) is 13.2. The summed E-state index contributed by atoms with van der Waals surface area (Å²) in [6.07, 6.45) is 0. The number of ether oxygens (including phenoxy) is 1. The van der Waals surface area contributed by atoms with E-state index >= 15 is 0 Å². The lowest BCUT2D eigenvalue weighted by Crippen LogP contribution is -2.36. The number of nitriles is 1. The SMILES string of the molecule is N#Cc1cccc(-c2ccc(-c3cc(=O)cc(N4CCOCC4)s3)cc2)c1. The Balaban J connectivity index is 1.65. The van der Waals surface area contributed by atoms with Crippen LogP contribution in [0.4, 0.5) is 5.00 Å².